The van der Waals surface area contributed by atoms with Gasteiger partial charge in [-0.1, -0.05) is 30.3 Å². The SMILES string of the molecule is CCN(CC)/C([S-])=N/N=C(/C(=N/N=C(\[S-])N(CC)CC)c1c(F)c(F)c(F)c(F)c1F)c1ccccc1.[Cu+2]. The molecule has 0 spiro atoms. The van der Waals surface area contributed by atoms with E-state index in [0.29, 0.717) is 26.2 Å². The minimum Gasteiger partial charge on any atom is -0.741 e. The van der Waals surface area contributed by atoms with Crippen molar-refractivity contribution in [3.63, 3.8) is 0 Å². The van der Waals surface area contributed by atoms with Gasteiger partial charge >= 0.3 is 17.1 Å². The number of benzene rings is 2. The number of hydrogen-bond donors (Lipinski definition) is 0. The van der Waals surface area contributed by atoms with Crippen molar-refractivity contribution < 1.29 is 39.0 Å². The normalized spacial score (nSPS) is 12.9. The molecule has 0 bridgehead atoms. The van der Waals surface area contributed by atoms with Gasteiger partial charge in [-0.2, -0.15) is 10.2 Å². The molecular weight excluding hydrogens is 595 g/mol. The molecule has 2 aromatic carbocycles. The summed E-state index contributed by atoms with van der Waals surface area (Å²) in [5.74, 6) is -10.8. The second kappa shape index (κ2) is 15.7. The first-order valence-corrected chi connectivity index (χ1v) is 12.2. The van der Waals surface area contributed by atoms with Gasteiger partial charge in [-0.3, -0.25) is 0 Å². The monoisotopic (exact) mass is 619 g/mol. The van der Waals surface area contributed by atoms with Gasteiger partial charge in [0.1, 0.15) is 11.4 Å². The van der Waals surface area contributed by atoms with E-state index in [-0.39, 0.29) is 38.7 Å². The van der Waals surface area contributed by atoms with Gasteiger partial charge in [0.2, 0.25) is 5.82 Å². The maximum absolute atomic E-state index is 15.0. The molecule has 38 heavy (non-hydrogen) atoms. The first-order valence-electron chi connectivity index (χ1n) is 11.3. The first-order chi connectivity index (χ1) is 17.6. The summed E-state index contributed by atoms with van der Waals surface area (Å²) in [5, 5.41) is 15.7. The van der Waals surface area contributed by atoms with Gasteiger partial charge in [-0.15, -0.1) is 10.2 Å². The van der Waals surface area contributed by atoms with Crippen molar-refractivity contribution in [2.45, 2.75) is 27.7 Å². The van der Waals surface area contributed by atoms with Crippen LogP contribution in [0.4, 0.5) is 22.0 Å². The first kappa shape index (κ1) is 33.4. The summed E-state index contributed by atoms with van der Waals surface area (Å²) >= 11 is 10.5. The van der Waals surface area contributed by atoms with E-state index in [1.807, 2.05) is 13.8 Å². The molecule has 2 rings (SSSR count). The topological polar surface area (TPSA) is 55.9 Å². The molecule has 0 atom stereocenters. The van der Waals surface area contributed by atoms with Crippen molar-refractivity contribution in [3.05, 3.63) is 70.5 Å². The Morgan fingerprint density at radius 1 is 0.605 bits per heavy atom. The van der Waals surface area contributed by atoms with E-state index in [2.05, 4.69) is 20.4 Å². The second-order valence-corrected chi connectivity index (χ2v) is 8.05. The average Bonchev–Trinajstić information content (AvgIpc) is 2.91. The van der Waals surface area contributed by atoms with Crippen LogP contribution in [0, 0.1) is 29.1 Å². The summed E-state index contributed by atoms with van der Waals surface area (Å²) in [5.41, 5.74) is -2.21. The molecule has 1 radical (unpaired) electrons. The Balaban J connectivity index is 0.00000722. The molecule has 209 valence electrons. The molecule has 0 heterocycles. The predicted molar refractivity (Wildman–Crippen MR) is 141 cm³/mol. The molecule has 0 saturated heterocycles. The largest absolute Gasteiger partial charge is 2.00 e. The van der Waals surface area contributed by atoms with Crippen LogP contribution in [0.15, 0.2) is 50.7 Å². The van der Waals surface area contributed by atoms with E-state index in [9.17, 15) is 22.0 Å². The molecule has 0 aliphatic rings. The van der Waals surface area contributed by atoms with Crippen LogP contribution in [0.25, 0.3) is 0 Å². The number of hydrogen-bond acceptors (Lipinski definition) is 6. The number of nitrogens with zero attached hydrogens (tertiary/aromatic N) is 6. The van der Waals surface area contributed by atoms with E-state index in [1.54, 1.807) is 41.8 Å². The maximum Gasteiger partial charge on any atom is 2.00 e. The fourth-order valence-electron chi connectivity index (χ4n) is 3.17. The Morgan fingerprint density at radius 3 is 1.37 bits per heavy atom. The molecule has 0 saturated carbocycles. The molecule has 0 fully saturated rings. The third kappa shape index (κ3) is 7.68. The zero-order valence-electron chi connectivity index (χ0n) is 20.9. The minimum absolute atomic E-state index is 0. The van der Waals surface area contributed by atoms with E-state index in [4.69, 9.17) is 25.3 Å². The maximum atomic E-state index is 15.0. The second-order valence-electron chi connectivity index (χ2n) is 7.32. The molecule has 14 heteroatoms. The van der Waals surface area contributed by atoms with Crippen LogP contribution in [0.5, 0.6) is 0 Å². The molecule has 0 amide bonds. The zero-order valence-corrected chi connectivity index (χ0v) is 23.5. The van der Waals surface area contributed by atoms with Crippen LogP contribution in [0.3, 0.4) is 0 Å². The third-order valence-corrected chi connectivity index (χ3v) is 5.94. The number of amidine groups is 2. The standard InChI is InChI=1S/C24H27F5N6S2.Cu/c1-5-34(6-2)23(36)32-30-21(14-12-10-9-11-13-14)22(31-33-24(37)35(7-3)8-4)15-16(25)18(27)20(29)19(28)17(15)26;/h9-13H,5-8H2,1-4H3,(H,32,36)(H,33,37);/q;+2/p-2/b30-21+,31-22+;. The third-order valence-electron chi connectivity index (χ3n) is 5.26. The van der Waals surface area contributed by atoms with E-state index in [1.165, 1.54) is 12.1 Å². The molecule has 0 aromatic heterocycles. The molecule has 0 N–H and O–H groups in total. The smallest absolute Gasteiger partial charge is 0.741 e. The van der Waals surface area contributed by atoms with Crippen molar-refractivity contribution >= 4 is 47.0 Å². The van der Waals surface area contributed by atoms with Gasteiger partial charge in [0.15, 0.2) is 23.3 Å². The molecule has 0 unspecified atom stereocenters. The Labute approximate surface area is 240 Å². The van der Waals surface area contributed by atoms with Crippen LogP contribution >= 0.6 is 0 Å². The van der Waals surface area contributed by atoms with Crippen LogP contribution in [0.1, 0.15) is 38.8 Å². The molecular formula is C24H25CuF5N6S2. The van der Waals surface area contributed by atoms with Gasteiger partial charge in [0.05, 0.1) is 5.56 Å². The summed E-state index contributed by atoms with van der Waals surface area (Å²) in [7, 11) is 0. The van der Waals surface area contributed by atoms with Crippen LogP contribution in [-0.4, -0.2) is 57.7 Å². The summed E-state index contributed by atoms with van der Waals surface area (Å²) in [6.07, 6.45) is 0. The Bertz CT molecular complexity index is 1190. The van der Waals surface area contributed by atoms with Crippen molar-refractivity contribution in [1.29, 1.82) is 0 Å². The molecule has 6 nitrogen and oxygen atoms in total. The van der Waals surface area contributed by atoms with Gasteiger partial charge in [0, 0.05) is 42.1 Å². The summed E-state index contributed by atoms with van der Waals surface area (Å²) in [4.78, 5) is 3.28. The summed E-state index contributed by atoms with van der Waals surface area (Å²) < 4.78 is 72.2. The van der Waals surface area contributed by atoms with Gasteiger partial charge in [-0.05, 0) is 27.7 Å². The summed E-state index contributed by atoms with van der Waals surface area (Å²) in [6.45, 7) is 9.15. The Morgan fingerprint density at radius 2 is 0.974 bits per heavy atom. The van der Waals surface area contributed by atoms with Gasteiger partial charge in [0.25, 0.3) is 0 Å². The van der Waals surface area contributed by atoms with Crippen molar-refractivity contribution in [1.82, 2.24) is 9.80 Å². The van der Waals surface area contributed by atoms with Crippen molar-refractivity contribution in [3.8, 4) is 0 Å². The van der Waals surface area contributed by atoms with Gasteiger partial charge < -0.3 is 35.1 Å². The van der Waals surface area contributed by atoms with E-state index < -0.39 is 40.4 Å². The molecule has 0 aliphatic heterocycles. The van der Waals surface area contributed by atoms with E-state index in [0.717, 1.165) is 0 Å². The fourth-order valence-corrected chi connectivity index (χ4v) is 3.76. The fraction of sp³-hybridized carbons (Fsp3) is 0.333. The minimum atomic E-state index is -2.31. The van der Waals surface area contributed by atoms with E-state index >= 15 is 0 Å². The van der Waals surface area contributed by atoms with Gasteiger partial charge in [-0.25, -0.2) is 22.0 Å². The van der Waals surface area contributed by atoms with Crippen LogP contribution in [0.2, 0.25) is 0 Å². The number of halogens is 5. The van der Waals surface area contributed by atoms with Crippen LogP contribution < -0.4 is 0 Å². The van der Waals surface area contributed by atoms with Crippen molar-refractivity contribution in [2.75, 3.05) is 26.2 Å². The quantitative estimate of drug-likeness (QED) is 0.0581. The summed E-state index contributed by atoms with van der Waals surface area (Å²) in [6, 6.07) is 7.83. The molecule has 2 aromatic rings. The van der Waals surface area contributed by atoms with Crippen LogP contribution in [-0.2, 0) is 42.3 Å². The molecule has 0 aliphatic carbocycles. The Hall–Kier alpha value is -2.67. The number of rotatable bonds is 9. The average molecular weight is 620 g/mol. The van der Waals surface area contributed by atoms with Crippen molar-refractivity contribution in [2.24, 2.45) is 20.4 Å². The Kier molecular flexibility index (Phi) is 13.8. The predicted octanol–water partition coefficient (Wildman–Crippen LogP) is 4.98. The zero-order chi connectivity index (χ0) is 27.7.